The van der Waals surface area contributed by atoms with Gasteiger partial charge in [0.2, 0.25) is 0 Å². The normalized spacial score (nSPS) is 17.5. The average Bonchev–Trinajstić information content (AvgIpc) is 3.16. The summed E-state index contributed by atoms with van der Waals surface area (Å²) in [5.74, 6) is 0.0280. The summed E-state index contributed by atoms with van der Waals surface area (Å²) in [6.07, 6.45) is 2.13. The molecule has 1 N–H and O–H groups in total. The highest BCUT2D eigenvalue weighted by atomic mass is 16.2. The number of pyridine rings is 1. The summed E-state index contributed by atoms with van der Waals surface area (Å²) in [6, 6.07) is 4.86. The summed E-state index contributed by atoms with van der Waals surface area (Å²) < 4.78 is 1.73. The molecule has 3 amide bonds. The largest absolute Gasteiger partial charge is 0.325 e. The molecule has 1 atom stereocenters. The van der Waals surface area contributed by atoms with Crippen molar-refractivity contribution in [1.82, 2.24) is 30.2 Å². The number of urea groups is 1. The molecule has 1 saturated heterocycles. The van der Waals surface area contributed by atoms with E-state index in [0.717, 1.165) is 5.69 Å². The van der Waals surface area contributed by atoms with Crippen molar-refractivity contribution in [2.45, 2.75) is 58.7 Å². The van der Waals surface area contributed by atoms with Crippen LogP contribution in [0.1, 0.15) is 56.7 Å². The summed E-state index contributed by atoms with van der Waals surface area (Å²) in [7, 11) is 0. The van der Waals surface area contributed by atoms with Crippen LogP contribution in [-0.2, 0) is 17.8 Å². The van der Waals surface area contributed by atoms with Crippen molar-refractivity contribution in [2.24, 2.45) is 0 Å². The number of nitrogens with one attached hydrogen (secondary N) is 1. The lowest BCUT2D eigenvalue weighted by molar-refractivity contribution is -0.127. The maximum atomic E-state index is 12.6. The smallest absolute Gasteiger partial charge is 0.325 e. The number of hydrogen-bond acceptors (Lipinski definition) is 5. The Balaban J connectivity index is 1.69. The van der Waals surface area contributed by atoms with Gasteiger partial charge in [-0.15, -0.1) is 5.10 Å². The van der Waals surface area contributed by atoms with Crippen LogP contribution in [0.3, 0.4) is 0 Å². The van der Waals surface area contributed by atoms with Crippen molar-refractivity contribution in [1.29, 1.82) is 0 Å². The van der Waals surface area contributed by atoms with Crippen molar-refractivity contribution in [3.8, 4) is 0 Å². The van der Waals surface area contributed by atoms with E-state index in [4.69, 9.17) is 0 Å². The third-order valence-corrected chi connectivity index (χ3v) is 4.35. The predicted octanol–water partition coefficient (Wildman–Crippen LogP) is 2.04. The molecule has 0 aromatic carbocycles. The van der Waals surface area contributed by atoms with Gasteiger partial charge < -0.3 is 5.32 Å². The fraction of sp³-hybridized carbons (Fsp3) is 0.500. The van der Waals surface area contributed by atoms with Crippen LogP contribution in [0, 0.1) is 0 Å². The highest BCUT2D eigenvalue weighted by Gasteiger charge is 2.38. The molecule has 138 valence electrons. The second-order valence-corrected chi connectivity index (χ2v) is 7.12. The molecule has 8 nitrogen and oxygen atoms in total. The molecule has 2 aromatic heterocycles. The first kappa shape index (κ1) is 18.0. The topological polar surface area (TPSA) is 93.0 Å². The number of amides is 3. The van der Waals surface area contributed by atoms with Gasteiger partial charge in [-0.25, -0.2) is 9.48 Å². The van der Waals surface area contributed by atoms with Gasteiger partial charge in [-0.2, -0.15) is 0 Å². The van der Waals surface area contributed by atoms with Crippen LogP contribution in [0.5, 0.6) is 0 Å². The maximum absolute atomic E-state index is 12.6. The van der Waals surface area contributed by atoms with Gasteiger partial charge in [0.25, 0.3) is 5.91 Å². The van der Waals surface area contributed by atoms with Crippen LogP contribution in [0.2, 0.25) is 0 Å². The van der Waals surface area contributed by atoms with E-state index in [9.17, 15) is 9.59 Å². The molecule has 8 heteroatoms. The third-order valence-electron chi connectivity index (χ3n) is 4.35. The number of imide groups is 1. The van der Waals surface area contributed by atoms with E-state index in [1.807, 2.05) is 32.0 Å². The minimum Gasteiger partial charge on any atom is -0.325 e. The van der Waals surface area contributed by atoms with E-state index >= 15 is 0 Å². The molecule has 0 unspecified atom stereocenters. The first-order valence-corrected chi connectivity index (χ1v) is 8.83. The number of hydrogen-bond donors (Lipinski definition) is 1. The van der Waals surface area contributed by atoms with Crippen molar-refractivity contribution >= 4 is 11.9 Å². The lowest BCUT2D eigenvalue weighted by Crippen LogP contribution is -2.32. The summed E-state index contributed by atoms with van der Waals surface area (Å²) in [5, 5.41) is 10.8. The number of carbonyl (C=O) groups is 2. The highest BCUT2D eigenvalue weighted by Crippen LogP contribution is 2.16. The molecule has 3 heterocycles. The number of aromatic nitrogens is 4. The van der Waals surface area contributed by atoms with E-state index in [1.54, 1.807) is 10.9 Å². The minimum absolute atomic E-state index is 0.167. The summed E-state index contributed by atoms with van der Waals surface area (Å²) >= 11 is 0. The van der Waals surface area contributed by atoms with Crippen LogP contribution in [0.25, 0.3) is 0 Å². The summed E-state index contributed by atoms with van der Waals surface area (Å²) in [6.45, 7) is 8.28. The lowest BCUT2D eigenvalue weighted by Gasteiger charge is -2.13. The van der Waals surface area contributed by atoms with E-state index in [-0.39, 0.29) is 24.4 Å². The monoisotopic (exact) mass is 356 g/mol. The Morgan fingerprint density at radius 3 is 2.58 bits per heavy atom. The van der Waals surface area contributed by atoms with Crippen LogP contribution < -0.4 is 5.32 Å². The standard InChI is InChI=1S/C18H24N6O2/c1-11(2)15-7-5-6-13(19-15)9-23-17(25)16(20-18(23)26)8-14-10-24(12(3)4)22-21-14/h5-7,10-12,16H,8-9H2,1-4H3,(H,20,26)/t16-/m0/s1. The van der Waals surface area contributed by atoms with Gasteiger partial charge in [-0.1, -0.05) is 25.1 Å². The molecular formula is C18H24N6O2. The van der Waals surface area contributed by atoms with Crippen molar-refractivity contribution < 1.29 is 9.59 Å². The zero-order valence-corrected chi connectivity index (χ0v) is 15.5. The first-order valence-electron chi connectivity index (χ1n) is 8.83. The SMILES string of the molecule is CC(C)c1cccc(CN2C(=O)N[C@@H](Cc3cn(C(C)C)nn3)C2=O)n1. The lowest BCUT2D eigenvalue weighted by atomic mass is 10.1. The summed E-state index contributed by atoms with van der Waals surface area (Å²) in [5.41, 5.74) is 2.32. The Kier molecular flexibility index (Phi) is 5.01. The summed E-state index contributed by atoms with van der Waals surface area (Å²) in [4.78, 5) is 30.6. The molecule has 3 rings (SSSR count). The van der Waals surface area contributed by atoms with Gasteiger partial charge in [-0.3, -0.25) is 14.7 Å². The molecule has 0 aliphatic carbocycles. The zero-order valence-electron chi connectivity index (χ0n) is 15.5. The van der Waals surface area contributed by atoms with E-state index < -0.39 is 12.1 Å². The fourth-order valence-electron chi connectivity index (χ4n) is 2.80. The average molecular weight is 356 g/mol. The Bertz CT molecular complexity index is 814. The Morgan fingerprint density at radius 1 is 1.15 bits per heavy atom. The molecule has 2 aromatic rings. The predicted molar refractivity (Wildman–Crippen MR) is 95.3 cm³/mol. The zero-order chi connectivity index (χ0) is 18.8. The second kappa shape index (κ2) is 7.23. The van der Waals surface area contributed by atoms with Gasteiger partial charge >= 0.3 is 6.03 Å². The van der Waals surface area contributed by atoms with E-state index in [2.05, 4.69) is 34.5 Å². The van der Waals surface area contributed by atoms with Crippen molar-refractivity contribution in [2.75, 3.05) is 0 Å². The fourth-order valence-corrected chi connectivity index (χ4v) is 2.80. The van der Waals surface area contributed by atoms with Crippen molar-refractivity contribution in [3.63, 3.8) is 0 Å². The van der Waals surface area contributed by atoms with Crippen LogP contribution in [0.15, 0.2) is 24.4 Å². The molecule has 0 saturated carbocycles. The third kappa shape index (κ3) is 3.74. The van der Waals surface area contributed by atoms with Gasteiger partial charge in [0.1, 0.15) is 6.04 Å². The van der Waals surface area contributed by atoms with E-state index in [1.165, 1.54) is 4.90 Å². The Labute approximate surface area is 152 Å². The van der Waals surface area contributed by atoms with Crippen LogP contribution in [0.4, 0.5) is 4.79 Å². The van der Waals surface area contributed by atoms with Gasteiger partial charge in [0.05, 0.1) is 17.9 Å². The number of nitrogens with zero attached hydrogens (tertiary/aromatic N) is 5. The molecule has 1 aliphatic heterocycles. The molecule has 1 fully saturated rings. The minimum atomic E-state index is -0.618. The Hall–Kier alpha value is -2.77. The number of rotatable bonds is 6. The van der Waals surface area contributed by atoms with Crippen molar-refractivity contribution in [3.05, 3.63) is 41.5 Å². The quantitative estimate of drug-likeness (QED) is 0.800. The van der Waals surface area contributed by atoms with Crippen LogP contribution in [-0.4, -0.2) is 42.9 Å². The molecular weight excluding hydrogens is 332 g/mol. The molecule has 0 spiro atoms. The van der Waals surface area contributed by atoms with Gasteiger partial charge in [0, 0.05) is 24.4 Å². The van der Waals surface area contributed by atoms with Crippen LogP contribution >= 0.6 is 0 Å². The molecule has 1 aliphatic rings. The molecule has 0 bridgehead atoms. The van der Waals surface area contributed by atoms with Gasteiger partial charge in [-0.05, 0) is 31.9 Å². The number of carbonyl (C=O) groups excluding carboxylic acids is 2. The highest BCUT2D eigenvalue weighted by molar-refractivity contribution is 6.04. The molecule has 0 radical (unpaired) electrons. The molecule has 26 heavy (non-hydrogen) atoms. The van der Waals surface area contributed by atoms with E-state index in [0.29, 0.717) is 17.8 Å². The first-order chi connectivity index (χ1) is 12.3. The second-order valence-electron chi connectivity index (χ2n) is 7.12. The maximum Gasteiger partial charge on any atom is 0.325 e. The Morgan fingerprint density at radius 2 is 1.92 bits per heavy atom. The van der Waals surface area contributed by atoms with Gasteiger partial charge in [0.15, 0.2) is 0 Å².